The highest BCUT2D eigenvalue weighted by Gasteiger charge is 2.15. The molecule has 1 fully saturated rings. The monoisotopic (exact) mass is 241 g/mol. The second kappa shape index (κ2) is 4.52. The zero-order valence-corrected chi connectivity index (χ0v) is 9.37. The van der Waals surface area contributed by atoms with Crippen LogP contribution in [0.4, 0.5) is 11.8 Å². The minimum atomic E-state index is 0.0515. The lowest BCUT2D eigenvalue weighted by Crippen LogP contribution is -2.29. The van der Waals surface area contributed by atoms with Crippen LogP contribution in [0.15, 0.2) is 6.07 Å². The predicted molar refractivity (Wildman–Crippen MR) is 61.3 cm³/mol. The number of aromatic nitrogens is 2. The first-order valence-electron chi connectivity index (χ1n) is 4.97. The Morgan fingerprint density at radius 3 is 3.00 bits per heavy atom. The summed E-state index contributed by atoms with van der Waals surface area (Å²) in [5.41, 5.74) is 5.52. The van der Waals surface area contributed by atoms with Crippen molar-refractivity contribution in [2.24, 2.45) is 0 Å². The topological polar surface area (TPSA) is 84.1 Å². The molecule has 0 aliphatic carbocycles. The Morgan fingerprint density at radius 2 is 2.25 bits per heavy atom. The van der Waals surface area contributed by atoms with Crippen molar-refractivity contribution in [2.75, 3.05) is 30.3 Å². The van der Waals surface area contributed by atoms with Gasteiger partial charge in [0.25, 0.3) is 0 Å². The summed E-state index contributed by atoms with van der Waals surface area (Å²) in [6, 6.07) is 1.65. The smallest absolute Gasteiger partial charge is 0.223 e. The van der Waals surface area contributed by atoms with Gasteiger partial charge in [0.2, 0.25) is 11.9 Å². The summed E-state index contributed by atoms with van der Waals surface area (Å²) in [6.07, 6.45) is 0.446. The van der Waals surface area contributed by atoms with Gasteiger partial charge in [-0.1, -0.05) is 11.6 Å². The van der Waals surface area contributed by atoms with Gasteiger partial charge < -0.3 is 16.0 Å². The Balaban J connectivity index is 2.19. The molecule has 0 spiro atoms. The normalized spacial score (nSPS) is 16.8. The molecule has 3 N–H and O–H groups in total. The maximum atomic E-state index is 11.2. The molecule has 1 aromatic rings. The predicted octanol–water partition coefficient (Wildman–Crippen LogP) is 0.0385. The summed E-state index contributed by atoms with van der Waals surface area (Å²) >= 11 is 5.80. The third-order valence-electron chi connectivity index (χ3n) is 2.34. The largest absolute Gasteiger partial charge is 0.368 e. The van der Waals surface area contributed by atoms with Crippen LogP contribution in [0.3, 0.4) is 0 Å². The Labute approximate surface area is 97.8 Å². The van der Waals surface area contributed by atoms with Crippen LogP contribution in [0.5, 0.6) is 0 Å². The van der Waals surface area contributed by atoms with Gasteiger partial charge >= 0.3 is 0 Å². The van der Waals surface area contributed by atoms with Crippen molar-refractivity contribution in [1.29, 1.82) is 0 Å². The van der Waals surface area contributed by atoms with Crippen LogP contribution < -0.4 is 16.0 Å². The average Bonchev–Trinajstić information content (AvgIpc) is 2.41. The standard InChI is InChI=1S/C9H12ClN5O/c10-6-5-7(14-9(11)13-6)15-3-1-8(16)12-2-4-15/h5H,1-4H2,(H,12,16)(H2,11,13,14). The molecule has 86 valence electrons. The number of halogens is 1. The summed E-state index contributed by atoms with van der Waals surface area (Å²) in [7, 11) is 0. The van der Waals surface area contributed by atoms with Crippen molar-refractivity contribution >= 4 is 29.3 Å². The molecule has 16 heavy (non-hydrogen) atoms. The Bertz CT molecular complexity index is 391. The molecule has 6 nitrogen and oxygen atoms in total. The third kappa shape index (κ3) is 2.52. The Kier molecular flexibility index (Phi) is 3.09. The number of carbonyl (C=O) groups excluding carboxylic acids is 1. The number of amides is 1. The molecule has 1 amide bonds. The molecule has 0 radical (unpaired) electrons. The van der Waals surface area contributed by atoms with E-state index in [9.17, 15) is 4.79 Å². The number of anilines is 2. The average molecular weight is 242 g/mol. The minimum absolute atomic E-state index is 0.0515. The van der Waals surface area contributed by atoms with E-state index in [1.54, 1.807) is 6.07 Å². The van der Waals surface area contributed by atoms with Crippen LogP contribution >= 0.6 is 11.6 Å². The van der Waals surface area contributed by atoms with Crippen LogP contribution in [0.1, 0.15) is 6.42 Å². The van der Waals surface area contributed by atoms with E-state index in [2.05, 4.69) is 15.3 Å². The van der Waals surface area contributed by atoms with Gasteiger partial charge in [-0.3, -0.25) is 4.79 Å². The third-order valence-corrected chi connectivity index (χ3v) is 2.53. The van der Waals surface area contributed by atoms with Crippen molar-refractivity contribution < 1.29 is 4.79 Å². The van der Waals surface area contributed by atoms with E-state index in [1.165, 1.54) is 0 Å². The molecule has 1 aliphatic heterocycles. The summed E-state index contributed by atoms with van der Waals surface area (Å²) in [6.45, 7) is 1.90. The maximum absolute atomic E-state index is 11.2. The van der Waals surface area contributed by atoms with Crippen LogP contribution in [0.2, 0.25) is 5.15 Å². The zero-order valence-electron chi connectivity index (χ0n) is 8.61. The number of carbonyl (C=O) groups is 1. The first-order valence-corrected chi connectivity index (χ1v) is 5.34. The summed E-state index contributed by atoms with van der Waals surface area (Å²) in [4.78, 5) is 21.0. The van der Waals surface area contributed by atoms with E-state index in [-0.39, 0.29) is 11.9 Å². The first-order chi connectivity index (χ1) is 7.65. The van der Waals surface area contributed by atoms with Crippen molar-refractivity contribution in [1.82, 2.24) is 15.3 Å². The molecule has 2 rings (SSSR count). The van der Waals surface area contributed by atoms with E-state index in [0.717, 1.165) is 0 Å². The van der Waals surface area contributed by atoms with Crippen molar-refractivity contribution in [3.8, 4) is 0 Å². The van der Waals surface area contributed by atoms with Crippen LogP contribution in [0, 0.1) is 0 Å². The molecular weight excluding hydrogens is 230 g/mol. The van der Waals surface area contributed by atoms with Gasteiger partial charge in [0.05, 0.1) is 0 Å². The molecular formula is C9H12ClN5O. The lowest BCUT2D eigenvalue weighted by Gasteiger charge is -2.20. The molecule has 2 heterocycles. The minimum Gasteiger partial charge on any atom is -0.368 e. The summed E-state index contributed by atoms with van der Waals surface area (Å²) < 4.78 is 0. The van der Waals surface area contributed by atoms with E-state index >= 15 is 0 Å². The van der Waals surface area contributed by atoms with Crippen LogP contribution in [0.25, 0.3) is 0 Å². The Morgan fingerprint density at radius 1 is 1.44 bits per heavy atom. The van der Waals surface area contributed by atoms with Crippen molar-refractivity contribution in [3.05, 3.63) is 11.2 Å². The quantitative estimate of drug-likeness (QED) is 0.678. The van der Waals surface area contributed by atoms with Crippen LogP contribution in [-0.2, 0) is 4.79 Å². The molecule has 0 aromatic carbocycles. The number of rotatable bonds is 1. The molecule has 0 unspecified atom stereocenters. The van der Waals surface area contributed by atoms with Gasteiger partial charge in [0.1, 0.15) is 11.0 Å². The number of hydrogen-bond donors (Lipinski definition) is 2. The van der Waals surface area contributed by atoms with Gasteiger partial charge in [-0.05, 0) is 0 Å². The Hall–Kier alpha value is -1.56. The fraction of sp³-hybridized carbons (Fsp3) is 0.444. The lowest BCUT2D eigenvalue weighted by molar-refractivity contribution is -0.120. The fourth-order valence-electron chi connectivity index (χ4n) is 1.58. The highest BCUT2D eigenvalue weighted by molar-refractivity contribution is 6.29. The molecule has 7 heteroatoms. The first kappa shape index (κ1) is 10.9. The van der Waals surface area contributed by atoms with Crippen molar-refractivity contribution in [3.63, 3.8) is 0 Å². The molecule has 0 saturated carbocycles. The highest BCUT2D eigenvalue weighted by atomic mass is 35.5. The number of nitrogen functional groups attached to an aromatic ring is 1. The SMILES string of the molecule is Nc1nc(Cl)cc(N2CCNC(=O)CC2)n1. The maximum Gasteiger partial charge on any atom is 0.223 e. The van der Waals surface area contributed by atoms with E-state index in [4.69, 9.17) is 17.3 Å². The van der Waals surface area contributed by atoms with Gasteiger partial charge in [-0.2, -0.15) is 4.98 Å². The van der Waals surface area contributed by atoms with Gasteiger partial charge in [-0.15, -0.1) is 0 Å². The van der Waals surface area contributed by atoms with Crippen LogP contribution in [-0.4, -0.2) is 35.5 Å². The second-order valence-corrected chi connectivity index (χ2v) is 3.88. The second-order valence-electron chi connectivity index (χ2n) is 3.49. The number of nitrogens with zero attached hydrogens (tertiary/aromatic N) is 3. The molecule has 1 aliphatic rings. The van der Waals surface area contributed by atoms with E-state index < -0.39 is 0 Å². The number of hydrogen-bond acceptors (Lipinski definition) is 5. The summed E-state index contributed by atoms with van der Waals surface area (Å²) in [5, 5.41) is 3.10. The molecule has 1 saturated heterocycles. The fourth-order valence-corrected chi connectivity index (χ4v) is 1.77. The van der Waals surface area contributed by atoms with Gasteiger partial charge in [0.15, 0.2) is 0 Å². The van der Waals surface area contributed by atoms with Crippen molar-refractivity contribution in [2.45, 2.75) is 6.42 Å². The number of nitrogens with two attached hydrogens (primary N) is 1. The summed E-state index contributed by atoms with van der Waals surface area (Å²) in [5.74, 6) is 0.857. The van der Waals surface area contributed by atoms with E-state index in [1.807, 2.05) is 4.90 Å². The molecule has 1 aromatic heterocycles. The van der Waals surface area contributed by atoms with E-state index in [0.29, 0.717) is 37.0 Å². The lowest BCUT2D eigenvalue weighted by atomic mass is 10.3. The highest BCUT2D eigenvalue weighted by Crippen LogP contribution is 2.17. The van der Waals surface area contributed by atoms with Gasteiger partial charge in [-0.25, -0.2) is 4.98 Å². The zero-order chi connectivity index (χ0) is 11.5. The number of nitrogens with one attached hydrogen (secondary N) is 1. The molecule has 0 bridgehead atoms. The van der Waals surface area contributed by atoms with Gasteiger partial charge in [0, 0.05) is 32.1 Å². The molecule has 0 atom stereocenters.